The van der Waals surface area contributed by atoms with Crippen molar-refractivity contribution in [1.82, 2.24) is 0 Å². The fourth-order valence-corrected chi connectivity index (χ4v) is 2.48. The fraction of sp³-hybridized carbons (Fsp3) is 0.435. The molecule has 0 aliphatic rings. The van der Waals surface area contributed by atoms with Gasteiger partial charge in [-0.3, -0.25) is 0 Å². The van der Waals surface area contributed by atoms with Crippen molar-refractivity contribution in [3.05, 3.63) is 54.6 Å². The minimum atomic E-state index is -0.403. The summed E-state index contributed by atoms with van der Waals surface area (Å²) in [6.45, 7) is 12.0. The van der Waals surface area contributed by atoms with Crippen LogP contribution in [0.4, 0.5) is 0 Å². The Morgan fingerprint density at radius 2 is 1.50 bits per heavy atom. The van der Waals surface area contributed by atoms with Crippen LogP contribution in [0.5, 0.6) is 5.75 Å². The molecular weight excluding hydrogens is 356 g/mol. The molecule has 0 spiro atoms. The molecule has 0 saturated carbocycles. The SMILES string of the molecule is C=C(C)C(=O)OC(C)COC(C)COC(C)COc1ccc2ccccc2c1. The van der Waals surface area contributed by atoms with E-state index in [0.717, 1.165) is 11.1 Å². The molecule has 2 aromatic rings. The first kappa shape index (κ1) is 21.9. The van der Waals surface area contributed by atoms with Gasteiger partial charge >= 0.3 is 5.97 Å². The summed E-state index contributed by atoms with van der Waals surface area (Å²) in [7, 11) is 0. The number of esters is 1. The number of fused-ring (bicyclic) bond motifs is 1. The average molecular weight is 386 g/mol. The van der Waals surface area contributed by atoms with Gasteiger partial charge in [0, 0.05) is 5.57 Å². The molecule has 0 N–H and O–H groups in total. The first-order valence-electron chi connectivity index (χ1n) is 9.56. The molecule has 5 nitrogen and oxygen atoms in total. The third-order valence-corrected chi connectivity index (χ3v) is 4.09. The monoisotopic (exact) mass is 386 g/mol. The summed E-state index contributed by atoms with van der Waals surface area (Å²) in [6, 6.07) is 14.2. The minimum Gasteiger partial charge on any atom is -0.491 e. The van der Waals surface area contributed by atoms with Gasteiger partial charge in [0.05, 0.1) is 25.4 Å². The van der Waals surface area contributed by atoms with Crippen LogP contribution in [0.2, 0.25) is 0 Å². The van der Waals surface area contributed by atoms with Gasteiger partial charge in [-0.15, -0.1) is 0 Å². The van der Waals surface area contributed by atoms with E-state index in [2.05, 4.69) is 18.7 Å². The Labute approximate surface area is 167 Å². The van der Waals surface area contributed by atoms with E-state index in [9.17, 15) is 4.79 Å². The molecule has 152 valence electrons. The molecule has 0 saturated heterocycles. The zero-order valence-electron chi connectivity index (χ0n) is 17.1. The van der Waals surface area contributed by atoms with Crippen LogP contribution in [-0.2, 0) is 19.0 Å². The van der Waals surface area contributed by atoms with E-state index in [1.165, 1.54) is 5.39 Å². The molecule has 0 radical (unpaired) electrons. The number of ether oxygens (including phenoxy) is 4. The van der Waals surface area contributed by atoms with Crippen molar-refractivity contribution in [3.63, 3.8) is 0 Å². The zero-order chi connectivity index (χ0) is 20.5. The number of rotatable bonds is 11. The summed E-state index contributed by atoms with van der Waals surface area (Å²) < 4.78 is 22.5. The molecular formula is C23H30O5. The molecule has 0 aliphatic carbocycles. The molecule has 3 unspecified atom stereocenters. The van der Waals surface area contributed by atoms with E-state index < -0.39 is 5.97 Å². The third kappa shape index (κ3) is 7.33. The van der Waals surface area contributed by atoms with E-state index in [1.807, 2.05) is 44.2 Å². The van der Waals surface area contributed by atoms with Gasteiger partial charge in [-0.2, -0.15) is 0 Å². The van der Waals surface area contributed by atoms with Crippen LogP contribution >= 0.6 is 0 Å². The van der Waals surface area contributed by atoms with Crippen molar-refractivity contribution < 1.29 is 23.7 Å². The predicted molar refractivity (Wildman–Crippen MR) is 111 cm³/mol. The lowest BCUT2D eigenvalue weighted by Crippen LogP contribution is -2.28. The van der Waals surface area contributed by atoms with Gasteiger partial charge in [-0.25, -0.2) is 4.79 Å². The third-order valence-electron chi connectivity index (χ3n) is 4.09. The maximum atomic E-state index is 11.5. The van der Waals surface area contributed by atoms with Crippen LogP contribution in [0, 0.1) is 0 Å². The Balaban J connectivity index is 1.66. The lowest BCUT2D eigenvalue weighted by molar-refractivity contribution is -0.148. The van der Waals surface area contributed by atoms with Crippen LogP contribution < -0.4 is 4.74 Å². The number of carbonyl (C=O) groups is 1. The van der Waals surface area contributed by atoms with Crippen LogP contribution in [0.3, 0.4) is 0 Å². The highest BCUT2D eigenvalue weighted by molar-refractivity contribution is 5.87. The smallest absolute Gasteiger partial charge is 0.333 e. The standard InChI is InChI=1S/C23H30O5/c1-16(2)23(24)28-19(5)15-26-17(3)13-25-18(4)14-27-22-11-10-20-8-6-7-9-21(20)12-22/h6-12,17-19H,1,13-15H2,2-5H3. The first-order valence-corrected chi connectivity index (χ1v) is 9.56. The van der Waals surface area contributed by atoms with E-state index >= 15 is 0 Å². The molecule has 28 heavy (non-hydrogen) atoms. The Morgan fingerprint density at radius 1 is 0.893 bits per heavy atom. The van der Waals surface area contributed by atoms with Crippen molar-refractivity contribution in [2.24, 2.45) is 0 Å². The molecule has 2 aromatic carbocycles. The molecule has 0 aliphatic heterocycles. The maximum Gasteiger partial charge on any atom is 0.333 e. The predicted octanol–water partition coefficient (Wildman–Crippen LogP) is 4.54. The van der Waals surface area contributed by atoms with Gasteiger partial charge in [0.15, 0.2) is 0 Å². The Morgan fingerprint density at radius 3 is 2.18 bits per heavy atom. The highest BCUT2D eigenvalue weighted by atomic mass is 16.6. The first-order chi connectivity index (χ1) is 13.3. The number of benzene rings is 2. The van der Waals surface area contributed by atoms with Crippen LogP contribution in [0.15, 0.2) is 54.6 Å². The van der Waals surface area contributed by atoms with Crippen molar-refractivity contribution in [1.29, 1.82) is 0 Å². The van der Waals surface area contributed by atoms with Crippen LogP contribution in [0.1, 0.15) is 27.7 Å². The number of carbonyl (C=O) groups excluding carboxylic acids is 1. The van der Waals surface area contributed by atoms with Gasteiger partial charge in [0.25, 0.3) is 0 Å². The largest absolute Gasteiger partial charge is 0.491 e. The second-order valence-electron chi connectivity index (χ2n) is 7.10. The summed E-state index contributed by atoms with van der Waals surface area (Å²) >= 11 is 0. The van der Waals surface area contributed by atoms with Crippen molar-refractivity contribution in [2.45, 2.75) is 46.0 Å². The topological polar surface area (TPSA) is 54.0 Å². The quantitative estimate of drug-likeness (QED) is 0.419. The summed E-state index contributed by atoms with van der Waals surface area (Å²) in [5, 5.41) is 2.34. The summed E-state index contributed by atoms with van der Waals surface area (Å²) in [4.78, 5) is 11.5. The fourth-order valence-electron chi connectivity index (χ4n) is 2.48. The van der Waals surface area contributed by atoms with Gasteiger partial charge in [0.1, 0.15) is 18.5 Å². The van der Waals surface area contributed by atoms with Gasteiger partial charge < -0.3 is 18.9 Å². The highest BCUT2D eigenvalue weighted by Crippen LogP contribution is 2.20. The van der Waals surface area contributed by atoms with E-state index in [0.29, 0.717) is 25.4 Å². The van der Waals surface area contributed by atoms with Gasteiger partial charge in [-0.1, -0.05) is 36.9 Å². The van der Waals surface area contributed by atoms with Crippen molar-refractivity contribution >= 4 is 16.7 Å². The van der Waals surface area contributed by atoms with E-state index in [4.69, 9.17) is 18.9 Å². The summed E-state index contributed by atoms with van der Waals surface area (Å²) in [5.74, 6) is 0.422. The lowest BCUT2D eigenvalue weighted by Gasteiger charge is -2.20. The Bertz CT molecular complexity index is 785. The molecule has 5 heteroatoms. The maximum absolute atomic E-state index is 11.5. The summed E-state index contributed by atoms with van der Waals surface area (Å²) in [6.07, 6.45) is -0.523. The summed E-state index contributed by atoms with van der Waals surface area (Å²) in [5.41, 5.74) is 0.378. The number of hydrogen-bond donors (Lipinski definition) is 0. The highest BCUT2D eigenvalue weighted by Gasteiger charge is 2.13. The zero-order valence-corrected chi connectivity index (χ0v) is 17.1. The average Bonchev–Trinajstić information content (AvgIpc) is 2.68. The van der Waals surface area contributed by atoms with E-state index in [-0.39, 0.29) is 18.3 Å². The van der Waals surface area contributed by atoms with Crippen molar-refractivity contribution in [2.75, 3.05) is 19.8 Å². The normalized spacial score (nSPS) is 14.3. The molecule has 0 fully saturated rings. The molecule has 0 heterocycles. The molecule has 3 atom stereocenters. The van der Waals surface area contributed by atoms with Crippen LogP contribution in [0.25, 0.3) is 10.8 Å². The van der Waals surface area contributed by atoms with Gasteiger partial charge in [0.2, 0.25) is 0 Å². The van der Waals surface area contributed by atoms with Gasteiger partial charge in [-0.05, 0) is 50.6 Å². The lowest BCUT2D eigenvalue weighted by atomic mass is 10.1. The number of hydrogen-bond acceptors (Lipinski definition) is 5. The second-order valence-corrected chi connectivity index (χ2v) is 7.10. The molecule has 0 amide bonds. The van der Waals surface area contributed by atoms with Crippen molar-refractivity contribution in [3.8, 4) is 5.75 Å². The van der Waals surface area contributed by atoms with E-state index in [1.54, 1.807) is 13.8 Å². The molecule has 0 aromatic heterocycles. The second kappa shape index (κ2) is 10.8. The van der Waals surface area contributed by atoms with Crippen LogP contribution in [-0.4, -0.2) is 44.1 Å². The Hall–Kier alpha value is -2.37. The Kier molecular flexibility index (Phi) is 8.48. The molecule has 2 rings (SSSR count). The minimum absolute atomic E-state index is 0.0730. The molecule has 0 bridgehead atoms.